The molecule has 1 N–H and O–H groups in total. The number of aryl methyl sites for hydroxylation is 1. The largest absolute Gasteiger partial charge is 0.493 e. The molecule has 2 aromatic rings. The lowest BCUT2D eigenvalue weighted by Crippen LogP contribution is -1.95. The van der Waals surface area contributed by atoms with Crippen LogP contribution in [0.15, 0.2) is 36.4 Å². The quantitative estimate of drug-likeness (QED) is 0.899. The number of hydrogen-bond donors (Lipinski definition) is 1. The van der Waals surface area contributed by atoms with Crippen molar-refractivity contribution in [3.05, 3.63) is 47.7 Å². The Morgan fingerprint density at radius 3 is 2.72 bits per heavy atom. The zero-order chi connectivity index (χ0) is 13.0. The summed E-state index contributed by atoms with van der Waals surface area (Å²) in [4.78, 5) is 4.16. The molecule has 0 fully saturated rings. The Labute approximate surface area is 106 Å². The first-order chi connectivity index (χ1) is 8.72. The van der Waals surface area contributed by atoms with Crippen LogP contribution in [0.4, 0.5) is 0 Å². The molecular weight excluding hydrogens is 230 g/mol. The predicted molar refractivity (Wildman–Crippen MR) is 68.0 cm³/mol. The molecule has 1 heterocycles. The van der Waals surface area contributed by atoms with Gasteiger partial charge < -0.3 is 14.6 Å². The fourth-order valence-corrected chi connectivity index (χ4v) is 1.57. The van der Waals surface area contributed by atoms with E-state index in [0.717, 1.165) is 5.56 Å². The second-order valence-electron chi connectivity index (χ2n) is 3.88. The smallest absolute Gasteiger partial charge is 0.219 e. The van der Waals surface area contributed by atoms with Gasteiger partial charge in [0.25, 0.3) is 0 Å². The summed E-state index contributed by atoms with van der Waals surface area (Å²) in [6.45, 7) is 1.87. The summed E-state index contributed by atoms with van der Waals surface area (Å²) in [6.07, 6.45) is 0. The molecule has 1 aromatic heterocycles. The van der Waals surface area contributed by atoms with Gasteiger partial charge in [-0.05, 0) is 30.7 Å². The third-order valence-electron chi connectivity index (χ3n) is 2.48. The average molecular weight is 245 g/mol. The third kappa shape index (κ3) is 2.78. The molecule has 0 aliphatic heterocycles. The van der Waals surface area contributed by atoms with Gasteiger partial charge in [-0.2, -0.15) is 0 Å². The second-order valence-corrected chi connectivity index (χ2v) is 3.88. The van der Waals surface area contributed by atoms with Crippen LogP contribution < -0.4 is 9.47 Å². The van der Waals surface area contributed by atoms with E-state index in [1.807, 2.05) is 25.1 Å². The van der Waals surface area contributed by atoms with Crippen molar-refractivity contribution in [1.29, 1.82) is 0 Å². The zero-order valence-electron chi connectivity index (χ0n) is 10.4. The van der Waals surface area contributed by atoms with Gasteiger partial charge in [-0.3, -0.25) is 0 Å². The maximum absolute atomic E-state index is 9.02. The maximum Gasteiger partial charge on any atom is 0.219 e. The van der Waals surface area contributed by atoms with Crippen molar-refractivity contribution in [2.45, 2.75) is 13.5 Å². The molecule has 0 bridgehead atoms. The summed E-state index contributed by atoms with van der Waals surface area (Å²) in [5.74, 6) is 1.69. The number of aliphatic hydroxyl groups is 1. The molecule has 0 aliphatic carbocycles. The van der Waals surface area contributed by atoms with Crippen LogP contribution in [0.3, 0.4) is 0 Å². The van der Waals surface area contributed by atoms with Gasteiger partial charge in [0, 0.05) is 6.07 Å². The van der Waals surface area contributed by atoms with Gasteiger partial charge in [-0.25, -0.2) is 4.98 Å². The highest BCUT2D eigenvalue weighted by molar-refractivity contribution is 5.44. The minimum absolute atomic E-state index is 0.109. The summed E-state index contributed by atoms with van der Waals surface area (Å²) in [6, 6.07) is 10.9. The highest BCUT2D eigenvalue weighted by atomic mass is 16.5. The Morgan fingerprint density at radius 1 is 1.17 bits per heavy atom. The van der Waals surface area contributed by atoms with E-state index < -0.39 is 0 Å². The normalized spacial score (nSPS) is 10.2. The predicted octanol–water partition coefficient (Wildman–Crippen LogP) is 2.68. The summed E-state index contributed by atoms with van der Waals surface area (Å²) in [5.41, 5.74) is 1.66. The molecule has 0 saturated heterocycles. The number of nitrogens with zero attached hydrogens (tertiary/aromatic N) is 1. The van der Waals surface area contributed by atoms with E-state index in [9.17, 15) is 0 Å². The van der Waals surface area contributed by atoms with Crippen LogP contribution in [0.1, 0.15) is 11.3 Å². The summed E-state index contributed by atoms with van der Waals surface area (Å²) in [7, 11) is 1.60. The first-order valence-corrected chi connectivity index (χ1v) is 5.62. The number of aromatic nitrogens is 1. The highest BCUT2D eigenvalue weighted by Crippen LogP contribution is 2.31. The van der Waals surface area contributed by atoms with E-state index in [-0.39, 0.29) is 6.61 Å². The van der Waals surface area contributed by atoms with E-state index in [0.29, 0.717) is 23.1 Å². The lowest BCUT2D eigenvalue weighted by atomic mass is 10.2. The van der Waals surface area contributed by atoms with Gasteiger partial charge in [0.2, 0.25) is 5.88 Å². The molecule has 18 heavy (non-hydrogen) atoms. The molecular formula is C14H15NO3. The van der Waals surface area contributed by atoms with Gasteiger partial charge in [-0.15, -0.1) is 0 Å². The maximum atomic E-state index is 9.02. The number of ether oxygens (including phenoxy) is 2. The fourth-order valence-electron chi connectivity index (χ4n) is 1.57. The summed E-state index contributed by atoms with van der Waals surface area (Å²) >= 11 is 0. The van der Waals surface area contributed by atoms with E-state index in [2.05, 4.69) is 4.98 Å². The van der Waals surface area contributed by atoms with E-state index in [1.165, 1.54) is 0 Å². The molecule has 2 rings (SSSR count). The molecule has 0 spiro atoms. The van der Waals surface area contributed by atoms with Crippen LogP contribution in [-0.2, 0) is 6.61 Å². The molecule has 0 amide bonds. The number of methoxy groups -OCH3 is 1. The van der Waals surface area contributed by atoms with Crippen LogP contribution in [0.2, 0.25) is 0 Å². The Morgan fingerprint density at radius 2 is 2.00 bits per heavy atom. The molecule has 4 nitrogen and oxygen atoms in total. The lowest BCUT2D eigenvalue weighted by Gasteiger charge is -2.10. The summed E-state index contributed by atoms with van der Waals surface area (Å²) in [5, 5.41) is 9.02. The fraction of sp³-hybridized carbons (Fsp3) is 0.214. The number of aliphatic hydroxyl groups excluding tert-OH is 1. The standard InChI is InChI=1S/C14H15NO3/c1-10-6-7-12(13(8-10)17-2)18-14-5-3-4-11(9-16)15-14/h3-8,16H,9H2,1-2H3. The van der Waals surface area contributed by atoms with Crippen LogP contribution in [-0.4, -0.2) is 17.2 Å². The number of hydrogen-bond acceptors (Lipinski definition) is 4. The topological polar surface area (TPSA) is 51.6 Å². The number of rotatable bonds is 4. The van der Waals surface area contributed by atoms with Crippen LogP contribution >= 0.6 is 0 Å². The first kappa shape index (κ1) is 12.4. The van der Waals surface area contributed by atoms with Gasteiger partial charge in [0.1, 0.15) is 0 Å². The summed E-state index contributed by atoms with van der Waals surface area (Å²) < 4.78 is 10.9. The zero-order valence-corrected chi connectivity index (χ0v) is 10.4. The average Bonchev–Trinajstić information content (AvgIpc) is 2.41. The van der Waals surface area contributed by atoms with Crippen molar-refractivity contribution < 1.29 is 14.6 Å². The molecule has 0 saturated carbocycles. The Balaban J connectivity index is 2.27. The van der Waals surface area contributed by atoms with Gasteiger partial charge >= 0.3 is 0 Å². The van der Waals surface area contributed by atoms with E-state index >= 15 is 0 Å². The van der Waals surface area contributed by atoms with Gasteiger partial charge in [0.15, 0.2) is 11.5 Å². The van der Waals surface area contributed by atoms with Gasteiger partial charge in [-0.1, -0.05) is 12.1 Å². The molecule has 4 heteroatoms. The molecule has 0 unspecified atom stereocenters. The lowest BCUT2D eigenvalue weighted by molar-refractivity contribution is 0.275. The second kappa shape index (κ2) is 5.51. The van der Waals surface area contributed by atoms with Crippen molar-refractivity contribution in [1.82, 2.24) is 4.98 Å². The number of benzene rings is 1. The molecule has 0 radical (unpaired) electrons. The van der Waals surface area contributed by atoms with Crippen LogP contribution in [0, 0.1) is 6.92 Å². The van der Waals surface area contributed by atoms with E-state index in [4.69, 9.17) is 14.6 Å². The van der Waals surface area contributed by atoms with Crippen molar-refractivity contribution >= 4 is 0 Å². The molecule has 1 aromatic carbocycles. The monoisotopic (exact) mass is 245 g/mol. The third-order valence-corrected chi connectivity index (χ3v) is 2.48. The first-order valence-electron chi connectivity index (χ1n) is 5.62. The van der Waals surface area contributed by atoms with Crippen LogP contribution in [0.25, 0.3) is 0 Å². The van der Waals surface area contributed by atoms with Crippen LogP contribution in [0.5, 0.6) is 17.4 Å². The SMILES string of the molecule is COc1cc(C)ccc1Oc1cccc(CO)n1. The molecule has 94 valence electrons. The highest BCUT2D eigenvalue weighted by Gasteiger charge is 2.06. The molecule has 0 atom stereocenters. The molecule has 0 aliphatic rings. The van der Waals surface area contributed by atoms with Crippen molar-refractivity contribution in [3.63, 3.8) is 0 Å². The Kier molecular flexibility index (Phi) is 3.79. The number of pyridine rings is 1. The van der Waals surface area contributed by atoms with Gasteiger partial charge in [0.05, 0.1) is 19.4 Å². The van der Waals surface area contributed by atoms with Crippen molar-refractivity contribution in [3.8, 4) is 17.4 Å². The Hall–Kier alpha value is -2.07. The minimum Gasteiger partial charge on any atom is -0.493 e. The van der Waals surface area contributed by atoms with E-state index in [1.54, 1.807) is 25.3 Å². The minimum atomic E-state index is -0.109. The Bertz CT molecular complexity index is 540. The van der Waals surface area contributed by atoms with Crippen molar-refractivity contribution in [2.24, 2.45) is 0 Å². The van der Waals surface area contributed by atoms with Crippen molar-refractivity contribution in [2.75, 3.05) is 7.11 Å².